The van der Waals surface area contributed by atoms with E-state index in [2.05, 4.69) is 44.9 Å². The molecule has 0 aliphatic carbocycles. The van der Waals surface area contributed by atoms with E-state index >= 15 is 0 Å². The van der Waals surface area contributed by atoms with Gasteiger partial charge in [-0.1, -0.05) is 0 Å². The molecule has 326 valence electrons. The first-order valence-electron chi connectivity index (χ1n) is 18.2. The van der Waals surface area contributed by atoms with Crippen LogP contribution in [0.15, 0.2) is 38.0 Å². The number of nitrogens with zero attached hydrogens (tertiary/aromatic N) is 12. The predicted octanol–water partition coefficient (Wildman–Crippen LogP) is -1.56. The molecule has 0 amide bonds. The second kappa shape index (κ2) is 16.1. The summed E-state index contributed by atoms with van der Waals surface area (Å²) in [5.41, 5.74) is 19.0. The molecule has 0 radical (unpaired) electrons. The van der Waals surface area contributed by atoms with Gasteiger partial charge >= 0.3 is 15.6 Å². The maximum atomic E-state index is 13.5. The monoisotopic (exact) mass is 893 g/mol. The van der Waals surface area contributed by atoms with Crippen molar-refractivity contribution in [3.63, 3.8) is 0 Å². The third-order valence-electron chi connectivity index (χ3n) is 10.2. The summed E-state index contributed by atoms with van der Waals surface area (Å²) in [4.78, 5) is 58.6. The molecule has 0 spiro atoms. The minimum absolute atomic E-state index is 0.0110. The van der Waals surface area contributed by atoms with E-state index in [-0.39, 0.29) is 63.8 Å². The van der Waals surface area contributed by atoms with Crippen molar-refractivity contribution in [1.82, 2.24) is 58.6 Å². The molecule has 0 bridgehead atoms. The highest BCUT2D eigenvalue weighted by Crippen LogP contribution is 2.52. The zero-order valence-corrected chi connectivity index (χ0v) is 33.0. The van der Waals surface area contributed by atoms with E-state index in [1.54, 1.807) is 0 Å². The average molecular weight is 894 g/mol. The van der Waals surface area contributed by atoms with Crippen LogP contribution in [-0.4, -0.2) is 146 Å². The number of aliphatic hydroxyl groups excluding tert-OH is 3. The second-order valence-corrected chi connectivity index (χ2v) is 16.9. The fourth-order valence-electron chi connectivity index (χ4n) is 7.35. The molecule has 6 aromatic rings. The van der Waals surface area contributed by atoms with Crippen LogP contribution in [0.4, 0.5) is 17.5 Å². The summed E-state index contributed by atoms with van der Waals surface area (Å²) in [6, 6.07) is 0. The van der Waals surface area contributed by atoms with Crippen LogP contribution in [0.1, 0.15) is 31.5 Å². The van der Waals surface area contributed by atoms with Crippen molar-refractivity contribution in [3.8, 4) is 0 Å². The van der Waals surface area contributed by atoms with Gasteiger partial charge in [-0.15, -0.1) is 0 Å². The van der Waals surface area contributed by atoms with Gasteiger partial charge in [0, 0.05) is 12.8 Å². The van der Waals surface area contributed by atoms with E-state index in [4.69, 9.17) is 49.5 Å². The van der Waals surface area contributed by atoms with Crippen LogP contribution in [0.3, 0.4) is 0 Å². The number of nitrogen functional groups attached to an aromatic ring is 3. The summed E-state index contributed by atoms with van der Waals surface area (Å²) in [7, 11) is -10.2. The van der Waals surface area contributed by atoms with Crippen LogP contribution in [0.5, 0.6) is 0 Å². The Labute approximate surface area is 340 Å². The molecule has 3 aliphatic rings. The SMILES string of the molecule is Nc1ncnc2c1ncn2C1OC(COP(=O)(O)OC2C(O)C(COP(=O)(O)OC3CC(CO)OC3n3cnc4c(N)ncnc43)OC2n2cnc3c(N)ncnc32)CC1O. The van der Waals surface area contributed by atoms with Crippen molar-refractivity contribution in [1.29, 1.82) is 0 Å². The zero-order valence-electron chi connectivity index (χ0n) is 31.2. The molecule has 6 aromatic heterocycles. The number of aromatic nitrogens is 12. The molecule has 3 saturated heterocycles. The highest BCUT2D eigenvalue weighted by atomic mass is 31.2. The van der Waals surface area contributed by atoms with E-state index in [9.17, 15) is 34.2 Å². The molecule has 3 fully saturated rings. The van der Waals surface area contributed by atoms with Crippen molar-refractivity contribution in [3.05, 3.63) is 38.0 Å². The molecule has 3 aliphatic heterocycles. The van der Waals surface area contributed by atoms with Gasteiger partial charge in [-0.3, -0.25) is 31.8 Å². The molecular weight excluding hydrogens is 856 g/mol. The Kier molecular flexibility index (Phi) is 10.9. The number of fused-ring (bicyclic) bond motifs is 3. The third-order valence-corrected chi connectivity index (χ3v) is 12.2. The van der Waals surface area contributed by atoms with Crippen molar-refractivity contribution < 1.29 is 66.5 Å². The number of imidazole rings is 3. The molecule has 0 aromatic carbocycles. The first-order valence-corrected chi connectivity index (χ1v) is 21.2. The minimum atomic E-state index is -5.12. The Morgan fingerprint density at radius 2 is 1.13 bits per heavy atom. The minimum Gasteiger partial charge on any atom is -0.394 e. The van der Waals surface area contributed by atoms with Crippen LogP contribution in [0.25, 0.3) is 33.5 Å². The van der Waals surface area contributed by atoms with Gasteiger partial charge in [-0.05, 0) is 0 Å². The summed E-state index contributed by atoms with van der Waals surface area (Å²) < 4.78 is 70.5. The van der Waals surface area contributed by atoms with Crippen LogP contribution >= 0.6 is 15.6 Å². The Balaban J connectivity index is 0.896. The van der Waals surface area contributed by atoms with Gasteiger partial charge in [-0.25, -0.2) is 54.0 Å². The molecule has 0 saturated carbocycles. The number of phosphoric ester groups is 2. The summed E-state index contributed by atoms with van der Waals surface area (Å²) >= 11 is 0. The quantitative estimate of drug-likeness (QED) is 0.0573. The normalized spacial score (nSPS) is 30.1. The summed E-state index contributed by atoms with van der Waals surface area (Å²) in [5, 5.41) is 32.2. The second-order valence-electron chi connectivity index (χ2n) is 14.1. The molecule has 12 unspecified atom stereocenters. The highest BCUT2D eigenvalue weighted by Gasteiger charge is 2.51. The molecule has 31 heteroatoms. The Morgan fingerprint density at radius 3 is 1.69 bits per heavy atom. The van der Waals surface area contributed by atoms with Gasteiger partial charge in [0.1, 0.15) is 66.1 Å². The lowest BCUT2D eigenvalue weighted by Gasteiger charge is -2.24. The molecule has 9 rings (SSSR count). The Bertz CT molecular complexity index is 2670. The first-order chi connectivity index (χ1) is 29.2. The standard InChI is InChI=1S/C30H37N15O14P2/c31-22-17-25(37-6-34-22)43(9-40-17)28-14(47)1-13(56-28)4-53-61(51,52)59-21-20(48)16(57-30(21)45-11-42-19-24(33)36-8-39-27(19)45)5-54-60(49,50)58-15-2-12(3-46)55-29(15)44-10-41-18-23(32)35-7-38-26(18)44/h6-16,20-21,28-30,46-48H,1-5H2,(H,49,50)(H,51,52)(H2,31,34,37)(H2,32,35,38)(H2,33,36,39). The largest absolute Gasteiger partial charge is 0.472 e. The van der Waals surface area contributed by atoms with E-state index < -0.39 is 96.9 Å². The summed E-state index contributed by atoms with van der Waals surface area (Å²) in [6.45, 7) is -1.85. The van der Waals surface area contributed by atoms with Crippen LogP contribution < -0.4 is 17.2 Å². The lowest BCUT2D eigenvalue weighted by Crippen LogP contribution is -2.35. The van der Waals surface area contributed by atoms with Gasteiger partial charge in [0.15, 0.2) is 53.1 Å². The highest BCUT2D eigenvalue weighted by molar-refractivity contribution is 7.47. The molecule has 9 heterocycles. The first kappa shape index (κ1) is 41.4. The number of hydrogen-bond donors (Lipinski definition) is 8. The Hall–Kier alpha value is -4.97. The number of phosphoric acid groups is 2. The van der Waals surface area contributed by atoms with E-state index in [0.29, 0.717) is 0 Å². The lowest BCUT2D eigenvalue weighted by atomic mass is 10.1. The van der Waals surface area contributed by atoms with Crippen molar-refractivity contribution in [2.24, 2.45) is 0 Å². The number of ether oxygens (including phenoxy) is 3. The van der Waals surface area contributed by atoms with E-state index in [1.165, 1.54) is 45.3 Å². The van der Waals surface area contributed by atoms with E-state index in [1.807, 2.05) is 0 Å². The van der Waals surface area contributed by atoms with E-state index in [0.717, 1.165) is 6.33 Å². The fourth-order valence-corrected chi connectivity index (χ4v) is 9.23. The molecule has 11 N–H and O–H groups in total. The summed E-state index contributed by atoms with van der Waals surface area (Å²) in [5.74, 6) is 0.182. The predicted molar refractivity (Wildman–Crippen MR) is 201 cm³/mol. The molecule has 12 atom stereocenters. The van der Waals surface area contributed by atoms with Crippen LogP contribution in [-0.2, 0) is 41.4 Å². The summed E-state index contributed by atoms with van der Waals surface area (Å²) in [6.07, 6.45) is -5.47. The smallest absolute Gasteiger partial charge is 0.394 e. The maximum Gasteiger partial charge on any atom is 0.472 e. The van der Waals surface area contributed by atoms with Gasteiger partial charge in [-0.2, -0.15) is 0 Å². The fraction of sp³-hybridized carbons (Fsp3) is 0.500. The maximum absolute atomic E-state index is 13.5. The van der Waals surface area contributed by atoms with Crippen molar-refractivity contribution in [2.75, 3.05) is 37.0 Å². The van der Waals surface area contributed by atoms with Crippen LogP contribution in [0, 0.1) is 0 Å². The third kappa shape index (κ3) is 7.89. The zero-order chi connectivity index (χ0) is 42.8. The molecule has 29 nitrogen and oxygen atoms in total. The topological polar surface area (TPSA) is 409 Å². The molecule has 61 heavy (non-hydrogen) atoms. The molecular formula is C30H37N15O14P2. The van der Waals surface area contributed by atoms with Gasteiger partial charge in [0.25, 0.3) is 0 Å². The van der Waals surface area contributed by atoms with Gasteiger partial charge in [0.05, 0.1) is 51.0 Å². The number of nitrogens with two attached hydrogens (primary N) is 3. The van der Waals surface area contributed by atoms with Gasteiger partial charge in [0.2, 0.25) is 0 Å². The average Bonchev–Trinajstić information content (AvgIpc) is 4.08. The van der Waals surface area contributed by atoms with Crippen LogP contribution in [0.2, 0.25) is 0 Å². The number of aliphatic hydroxyl groups is 3. The van der Waals surface area contributed by atoms with Crippen molar-refractivity contribution >= 4 is 66.6 Å². The van der Waals surface area contributed by atoms with Crippen molar-refractivity contribution in [2.45, 2.75) is 74.3 Å². The number of anilines is 3. The number of hydrogen-bond acceptors (Lipinski definition) is 24. The van der Waals surface area contributed by atoms with Gasteiger partial charge < -0.3 is 56.5 Å². The number of rotatable bonds is 14. The lowest BCUT2D eigenvalue weighted by molar-refractivity contribution is -0.0632. The Morgan fingerprint density at radius 1 is 0.639 bits per heavy atom.